The number of aliphatic hydroxyl groups is 2. The molecule has 7 heteroatoms. The van der Waals surface area contributed by atoms with Crippen LogP contribution in [0, 0.1) is 5.21 Å². The Labute approximate surface area is 76.3 Å². The van der Waals surface area contributed by atoms with E-state index in [1.54, 1.807) is 0 Å². The van der Waals surface area contributed by atoms with Crippen molar-refractivity contribution in [2.45, 2.75) is 13.1 Å². The lowest BCUT2D eigenvalue weighted by Crippen LogP contribution is -2.54. The number of hydroxylamine groups is 3. The van der Waals surface area contributed by atoms with Crippen molar-refractivity contribution in [2.75, 3.05) is 26.4 Å². The van der Waals surface area contributed by atoms with E-state index in [9.17, 15) is 5.21 Å². The first kappa shape index (κ1) is 12.7. The summed E-state index contributed by atoms with van der Waals surface area (Å²) in [5, 5.41) is 28.3. The molecule has 0 saturated heterocycles. The number of nitrogens with two attached hydrogens (primary N) is 1. The van der Waals surface area contributed by atoms with E-state index in [0.29, 0.717) is 0 Å². The molecule has 0 aliphatic carbocycles. The van der Waals surface area contributed by atoms with Crippen LogP contribution in [0.5, 0.6) is 0 Å². The largest absolute Gasteiger partial charge is 0.563 e. The smallest absolute Gasteiger partial charge is 0.200 e. The molecule has 0 bridgehead atoms. The van der Waals surface area contributed by atoms with Crippen LogP contribution in [-0.4, -0.2) is 47.8 Å². The molecule has 7 nitrogen and oxygen atoms in total. The van der Waals surface area contributed by atoms with E-state index in [4.69, 9.17) is 15.9 Å². The van der Waals surface area contributed by atoms with Gasteiger partial charge >= 0.3 is 0 Å². The van der Waals surface area contributed by atoms with Gasteiger partial charge in [0.25, 0.3) is 0 Å². The Morgan fingerprint density at radius 1 is 1.31 bits per heavy atom. The van der Waals surface area contributed by atoms with E-state index >= 15 is 0 Å². The standard InChI is InChI=1S/C6H16N2O5/c1-6(7)8(11,12-4-2-9)13-5-3-10/h6,9-10H,2-5,7H2,1H3. The Kier molecular flexibility index (Phi) is 6.08. The van der Waals surface area contributed by atoms with Crippen molar-refractivity contribution in [3.8, 4) is 0 Å². The summed E-state index contributed by atoms with van der Waals surface area (Å²) in [6.07, 6.45) is -0.946. The van der Waals surface area contributed by atoms with Crippen LogP contribution < -0.4 is 5.73 Å². The Balaban J connectivity index is 4.00. The van der Waals surface area contributed by atoms with Crippen molar-refractivity contribution in [2.24, 2.45) is 5.73 Å². The summed E-state index contributed by atoms with van der Waals surface area (Å²) in [6, 6.07) is 0. The van der Waals surface area contributed by atoms with Gasteiger partial charge < -0.3 is 15.4 Å². The Morgan fingerprint density at radius 2 is 1.69 bits per heavy atom. The van der Waals surface area contributed by atoms with E-state index in [2.05, 4.69) is 9.68 Å². The van der Waals surface area contributed by atoms with Gasteiger partial charge in [0, 0.05) is 6.92 Å². The Bertz CT molecular complexity index is 124. The van der Waals surface area contributed by atoms with E-state index in [1.165, 1.54) is 6.92 Å². The third-order valence-corrected chi connectivity index (χ3v) is 1.22. The average Bonchev–Trinajstić information content (AvgIpc) is 2.11. The first-order valence-electron chi connectivity index (χ1n) is 3.93. The highest BCUT2D eigenvalue weighted by molar-refractivity contribution is 4.31. The SMILES string of the molecule is CC(N)[N+]([O-])(OCCO)OCCO. The van der Waals surface area contributed by atoms with Crippen molar-refractivity contribution in [1.29, 1.82) is 0 Å². The van der Waals surface area contributed by atoms with Gasteiger partial charge in [0.05, 0.1) is 13.2 Å². The van der Waals surface area contributed by atoms with Crippen molar-refractivity contribution < 1.29 is 24.9 Å². The molecular formula is C6H16N2O5. The zero-order valence-electron chi connectivity index (χ0n) is 7.55. The first-order valence-corrected chi connectivity index (χ1v) is 3.93. The van der Waals surface area contributed by atoms with Crippen LogP contribution in [0.1, 0.15) is 6.92 Å². The molecule has 0 fully saturated rings. The van der Waals surface area contributed by atoms with Crippen molar-refractivity contribution in [1.82, 2.24) is 0 Å². The van der Waals surface area contributed by atoms with Crippen LogP contribution in [0.3, 0.4) is 0 Å². The number of aliphatic hydroxyl groups excluding tert-OH is 2. The van der Waals surface area contributed by atoms with Crippen LogP contribution in [0.2, 0.25) is 0 Å². The topological polar surface area (TPSA) is 108 Å². The van der Waals surface area contributed by atoms with Gasteiger partial charge in [-0.15, -0.1) is 0 Å². The maximum atomic E-state index is 11.5. The zero-order valence-corrected chi connectivity index (χ0v) is 7.55. The van der Waals surface area contributed by atoms with Gasteiger partial charge in [0.15, 0.2) is 6.17 Å². The van der Waals surface area contributed by atoms with E-state index in [1.807, 2.05) is 0 Å². The lowest BCUT2D eigenvalue weighted by molar-refractivity contribution is -1.23. The minimum atomic E-state index is -1.53. The molecule has 0 aliphatic rings. The minimum absolute atomic E-state index is 0.170. The normalized spacial score (nSPS) is 14.5. The third kappa shape index (κ3) is 4.48. The lowest BCUT2D eigenvalue weighted by atomic mass is 10.6. The molecule has 0 radical (unpaired) electrons. The van der Waals surface area contributed by atoms with Gasteiger partial charge in [0.2, 0.25) is 0 Å². The molecule has 0 saturated carbocycles. The zero-order chi connectivity index (χ0) is 10.3. The molecule has 0 aromatic rings. The molecule has 80 valence electrons. The number of quaternary nitrogens is 1. The second kappa shape index (κ2) is 6.22. The van der Waals surface area contributed by atoms with Crippen molar-refractivity contribution >= 4 is 0 Å². The molecule has 0 spiro atoms. The maximum Gasteiger partial charge on any atom is 0.200 e. The summed E-state index contributed by atoms with van der Waals surface area (Å²) < 4.78 is 0. The predicted molar refractivity (Wildman–Crippen MR) is 43.4 cm³/mol. The summed E-state index contributed by atoms with van der Waals surface area (Å²) in [6.45, 7) is 0.476. The average molecular weight is 196 g/mol. The van der Waals surface area contributed by atoms with Gasteiger partial charge in [-0.3, -0.25) is 5.73 Å². The molecule has 0 aromatic carbocycles. The fourth-order valence-electron chi connectivity index (χ4n) is 0.609. The Morgan fingerprint density at radius 3 is 1.92 bits per heavy atom. The molecule has 1 unspecified atom stereocenters. The Hall–Kier alpha value is -0.280. The molecule has 0 aliphatic heterocycles. The van der Waals surface area contributed by atoms with Crippen LogP contribution in [0.25, 0.3) is 0 Å². The quantitative estimate of drug-likeness (QED) is 0.258. The molecule has 13 heavy (non-hydrogen) atoms. The van der Waals surface area contributed by atoms with Crippen LogP contribution in [-0.2, 0) is 9.68 Å². The highest BCUT2D eigenvalue weighted by Crippen LogP contribution is 2.10. The summed E-state index contributed by atoms with van der Waals surface area (Å²) in [7, 11) is 0. The third-order valence-electron chi connectivity index (χ3n) is 1.22. The molecule has 0 aromatic heterocycles. The van der Waals surface area contributed by atoms with Gasteiger partial charge in [-0.25, -0.2) is 0 Å². The fourth-order valence-corrected chi connectivity index (χ4v) is 0.609. The summed E-state index contributed by atoms with van der Waals surface area (Å²) >= 11 is 0. The number of rotatable bonds is 7. The fraction of sp³-hybridized carbons (Fsp3) is 1.00. The van der Waals surface area contributed by atoms with Gasteiger partial charge in [-0.2, -0.15) is 9.68 Å². The maximum absolute atomic E-state index is 11.5. The van der Waals surface area contributed by atoms with Gasteiger partial charge in [-0.1, -0.05) is 4.97 Å². The summed E-state index contributed by atoms with van der Waals surface area (Å²) in [4.78, 5) is 7.71. The van der Waals surface area contributed by atoms with Crippen molar-refractivity contribution in [3.63, 3.8) is 0 Å². The van der Waals surface area contributed by atoms with E-state index < -0.39 is 11.1 Å². The van der Waals surface area contributed by atoms with Crippen LogP contribution in [0.15, 0.2) is 0 Å². The minimum Gasteiger partial charge on any atom is -0.563 e. The summed E-state index contributed by atoms with van der Waals surface area (Å²) in [5.74, 6) is 0. The highest BCUT2D eigenvalue weighted by atomic mass is 17.2. The monoisotopic (exact) mass is 196 g/mol. The van der Waals surface area contributed by atoms with Gasteiger partial charge in [0.1, 0.15) is 13.2 Å². The molecule has 0 heterocycles. The second-order valence-electron chi connectivity index (χ2n) is 2.39. The van der Waals surface area contributed by atoms with E-state index in [-0.39, 0.29) is 26.4 Å². The number of hydrogen-bond acceptors (Lipinski definition) is 6. The highest BCUT2D eigenvalue weighted by Gasteiger charge is 2.26. The first-order chi connectivity index (χ1) is 6.06. The molecule has 4 N–H and O–H groups in total. The number of nitrogens with zero attached hydrogens (tertiary/aromatic N) is 1. The number of hydrogen-bond donors (Lipinski definition) is 3. The lowest BCUT2D eigenvalue weighted by Gasteiger charge is -2.37. The molecular weight excluding hydrogens is 180 g/mol. The van der Waals surface area contributed by atoms with Gasteiger partial charge in [-0.05, 0) is 0 Å². The molecule has 0 rings (SSSR count). The summed E-state index contributed by atoms with van der Waals surface area (Å²) in [5.41, 5.74) is 5.30. The van der Waals surface area contributed by atoms with Crippen molar-refractivity contribution in [3.05, 3.63) is 5.21 Å². The molecule has 0 amide bonds. The molecule has 1 atom stereocenters. The van der Waals surface area contributed by atoms with E-state index in [0.717, 1.165) is 0 Å². The second-order valence-corrected chi connectivity index (χ2v) is 2.39. The van der Waals surface area contributed by atoms with Crippen LogP contribution >= 0.6 is 0 Å². The predicted octanol–water partition coefficient (Wildman–Crippen LogP) is -1.55. The van der Waals surface area contributed by atoms with Crippen LogP contribution in [0.4, 0.5) is 0 Å².